The van der Waals surface area contributed by atoms with Crippen LogP contribution in [-0.2, 0) is 4.79 Å². The quantitative estimate of drug-likeness (QED) is 0.608. The molecule has 114 valence electrons. The van der Waals surface area contributed by atoms with Crippen molar-refractivity contribution < 1.29 is 4.79 Å². The Labute approximate surface area is 136 Å². The van der Waals surface area contributed by atoms with Crippen LogP contribution in [0.15, 0.2) is 59.5 Å². The minimum atomic E-state index is -0.119. The van der Waals surface area contributed by atoms with Crippen molar-refractivity contribution in [3.05, 3.63) is 65.7 Å². The predicted molar refractivity (Wildman–Crippen MR) is 96.4 cm³/mol. The van der Waals surface area contributed by atoms with Gasteiger partial charge in [0.2, 0.25) is 5.91 Å². The highest BCUT2D eigenvalue weighted by Gasteiger charge is 2.00. The molecular weight excluding hydrogens is 290 g/mol. The third-order valence-electron chi connectivity index (χ3n) is 3.37. The zero-order chi connectivity index (χ0) is 15.9. The van der Waals surface area contributed by atoms with Gasteiger partial charge in [-0.05, 0) is 47.6 Å². The van der Waals surface area contributed by atoms with E-state index in [0.29, 0.717) is 5.92 Å². The van der Waals surface area contributed by atoms with Crippen LogP contribution in [0, 0.1) is 0 Å². The van der Waals surface area contributed by atoms with Crippen molar-refractivity contribution in [2.45, 2.75) is 24.7 Å². The molecule has 0 bridgehead atoms. The lowest BCUT2D eigenvalue weighted by atomic mass is 10.0. The number of thioether (sulfide) groups is 1. The van der Waals surface area contributed by atoms with Gasteiger partial charge in [-0.3, -0.25) is 4.79 Å². The molecular formula is C19H21NOS. The smallest absolute Gasteiger partial charge is 0.248 e. The molecule has 0 aliphatic carbocycles. The van der Waals surface area contributed by atoms with Crippen LogP contribution in [0.1, 0.15) is 30.9 Å². The molecule has 0 saturated heterocycles. The Hall–Kier alpha value is -2.00. The summed E-state index contributed by atoms with van der Waals surface area (Å²) in [6.07, 6.45) is 5.41. The van der Waals surface area contributed by atoms with Gasteiger partial charge >= 0.3 is 0 Å². The van der Waals surface area contributed by atoms with Gasteiger partial charge in [0.1, 0.15) is 0 Å². The van der Waals surface area contributed by atoms with Gasteiger partial charge in [-0.1, -0.05) is 44.2 Å². The lowest BCUT2D eigenvalue weighted by molar-refractivity contribution is -0.111. The van der Waals surface area contributed by atoms with E-state index in [1.54, 1.807) is 17.8 Å². The average molecular weight is 311 g/mol. The van der Waals surface area contributed by atoms with Crippen molar-refractivity contribution in [3.8, 4) is 0 Å². The summed E-state index contributed by atoms with van der Waals surface area (Å²) in [6.45, 7) is 4.34. The van der Waals surface area contributed by atoms with Gasteiger partial charge in [-0.2, -0.15) is 0 Å². The van der Waals surface area contributed by atoms with Crippen LogP contribution in [0.25, 0.3) is 6.08 Å². The summed E-state index contributed by atoms with van der Waals surface area (Å²) in [7, 11) is 0. The van der Waals surface area contributed by atoms with Crippen molar-refractivity contribution >= 4 is 29.4 Å². The van der Waals surface area contributed by atoms with Gasteiger partial charge in [0.25, 0.3) is 0 Å². The van der Waals surface area contributed by atoms with Crippen LogP contribution in [0.2, 0.25) is 0 Å². The van der Waals surface area contributed by atoms with Crippen LogP contribution < -0.4 is 5.32 Å². The average Bonchev–Trinajstić information content (AvgIpc) is 2.53. The molecule has 1 amide bonds. The van der Waals surface area contributed by atoms with E-state index in [0.717, 1.165) is 16.1 Å². The van der Waals surface area contributed by atoms with Crippen molar-refractivity contribution in [1.29, 1.82) is 0 Å². The Kier molecular flexibility index (Phi) is 5.84. The molecule has 22 heavy (non-hydrogen) atoms. The minimum Gasteiger partial charge on any atom is -0.322 e. The van der Waals surface area contributed by atoms with E-state index in [-0.39, 0.29) is 5.91 Å². The summed E-state index contributed by atoms with van der Waals surface area (Å²) >= 11 is 1.65. The summed E-state index contributed by atoms with van der Waals surface area (Å²) in [4.78, 5) is 13.1. The zero-order valence-electron chi connectivity index (χ0n) is 13.2. The van der Waals surface area contributed by atoms with Gasteiger partial charge in [-0.15, -0.1) is 11.8 Å². The molecule has 0 atom stereocenters. The molecule has 0 aromatic heterocycles. The number of nitrogens with one attached hydrogen (secondary N) is 1. The number of anilines is 1. The minimum absolute atomic E-state index is 0.119. The van der Waals surface area contributed by atoms with Crippen molar-refractivity contribution in [3.63, 3.8) is 0 Å². The molecule has 0 spiro atoms. The molecule has 0 heterocycles. The fourth-order valence-corrected chi connectivity index (χ4v) is 2.51. The standard InChI is InChI=1S/C19H21NOS/c1-14(2)16-10-7-15(8-11-16)9-12-19(21)20-17-5-4-6-18(13-17)22-3/h4-14H,1-3H3,(H,20,21)/b12-9+. The molecule has 2 nitrogen and oxygen atoms in total. The molecule has 1 N–H and O–H groups in total. The van der Waals surface area contributed by atoms with E-state index in [4.69, 9.17) is 0 Å². The first-order chi connectivity index (χ1) is 10.6. The third-order valence-corrected chi connectivity index (χ3v) is 4.09. The number of carbonyl (C=O) groups excluding carboxylic acids is 1. The highest BCUT2D eigenvalue weighted by molar-refractivity contribution is 7.98. The topological polar surface area (TPSA) is 29.1 Å². The molecule has 0 aliphatic rings. The van der Waals surface area contributed by atoms with Gasteiger partial charge in [0, 0.05) is 16.7 Å². The Morgan fingerprint density at radius 2 is 1.86 bits per heavy atom. The number of carbonyl (C=O) groups is 1. The normalized spacial score (nSPS) is 11.1. The maximum atomic E-state index is 12.0. The summed E-state index contributed by atoms with van der Waals surface area (Å²) in [5.41, 5.74) is 3.14. The molecule has 0 radical (unpaired) electrons. The fraction of sp³-hybridized carbons (Fsp3) is 0.211. The van der Waals surface area contributed by atoms with Crippen LogP contribution in [0.4, 0.5) is 5.69 Å². The summed E-state index contributed by atoms with van der Waals surface area (Å²) in [5, 5.41) is 2.88. The second-order valence-electron chi connectivity index (χ2n) is 5.38. The molecule has 0 fully saturated rings. The first-order valence-electron chi connectivity index (χ1n) is 7.31. The van der Waals surface area contributed by atoms with Gasteiger partial charge in [-0.25, -0.2) is 0 Å². The van der Waals surface area contributed by atoms with E-state index in [1.807, 2.05) is 48.7 Å². The van der Waals surface area contributed by atoms with E-state index in [1.165, 1.54) is 5.56 Å². The first-order valence-corrected chi connectivity index (χ1v) is 8.54. The number of rotatable bonds is 5. The number of amides is 1. The summed E-state index contributed by atoms with van der Waals surface area (Å²) in [6, 6.07) is 16.1. The van der Waals surface area contributed by atoms with E-state index in [9.17, 15) is 4.79 Å². The Morgan fingerprint density at radius 1 is 1.14 bits per heavy atom. The van der Waals surface area contributed by atoms with E-state index in [2.05, 4.69) is 31.3 Å². The molecule has 0 aliphatic heterocycles. The van der Waals surface area contributed by atoms with Gasteiger partial charge < -0.3 is 5.32 Å². The van der Waals surface area contributed by atoms with Gasteiger partial charge in [0.15, 0.2) is 0 Å². The predicted octanol–water partition coefficient (Wildman–Crippen LogP) is 5.18. The number of hydrogen-bond acceptors (Lipinski definition) is 2. The van der Waals surface area contributed by atoms with E-state index >= 15 is 0 Å². The number of benzene rings is 2. The second kappa shape index (κ2) is 7.85. The Balaban J connectivity index is 1.98. The first kappa shape index (κ1) is 16.4. The van der Waals surface area contributed by atoms with Crippen molar-refractivity contribution in [2.24, 2.45) is 0 Å². The SMILES string of the molecule is CSc1cccc(NC(=O)/C=C/c2ccc(C(C)C)cc2)c1. The number of hydrogen-bond donors (Lipinski definition) is 1. The highest BCUT2D eigenvalue weighted by atomic mass is 32.2. The fourth-order valence-electron chi connectivity index (χ4n) is 2.05. The molecule has 2 rings (SSSR count). The monoisotopic (exact) mass is 311 g/mol. The lowest BCUT2D eigenvalue weighted by Crippen LogP contribution is -2.07. The van der Waals surface area contributed by atoms with Crippen LogP contribution in [-0.4, -0.2) is 12.2 Å². The van der Waals surface area contributed by atoms with Crippen LogP contribution >= 0.6 is 11.8 Å². The summed E-state index contributed by atoms with van der Waals surface area (Å²) < 4.78 is 0. The molecule has 2 aromatic carbocycles. The Bertz CT molecular complexity index is 659. The highest BCUT2D eigenvalue weighted by Crippen LogP contribution is 2.19. The lowest BCUT2D eigenvalue weighted by Gasteiger charge is -2.05. The third kappa shape index (κ3) is 4.78. The van der Waals surface area contributed by atoms with Gasteiger partial charge in [0.05, 0.1) is 0 Å². The van der Waals surface area contributed by atoms with Crippen molar-refractivity contribution in [2.75, 3.05) is 11.6 Å². The molecule has 2 aromatic rings. The molecule has 0 saturated carbocycles. The zero-order valence-corrected chi connectivity index (χ0v) is 14.0. The molecule has 0 unspecified atom stereocenters. The largest absolute Gasteiger partial charge is 0.322 e. The maximum absolute atomic E-state index is 12.0. The van der Waals surface area contributed by atoms with Crippen molar-refractivity contribution in [1.82, 2.24) is 0 Å². The van der Waals surface area contributed by atoms with E-state index < -0.39 is 0 Å². The summed E-state index contributed by atoms with van der Waals surface area (Å²) in [5.74, 6) is 0.399. The Morgan fingerprint density at radius 3 is 2.50 bits per heavy atom. The maximum Gasteiger partial charge on any atom is 0.248 e. The van der Waals surface area contributed by atoms with Crippen LogP contribution in [0.3, 0.4) is 0 Å². The van der Waals surface area contributed by atoms with Crippen LogP contribution in [0.5, 0.6) is 0 Å². The second-order valence-corrected chi connectivity index (χ2v) is 6.26. The molecule has 3 heteroatoms.